The molecule has 0 atom stereocenters. The predicted molar refractivity (Wildman–Crippen MR) is 88.3 cm³/mol. The molecule has 1 aromatic heterocycles. The number of nitrogen functional groups attached to an aromatic ring is 1. The zero-order valence-corrected chi connectivity index (χ0v) is 13.4. The standard InChI is InChI=1S/C16H14N2O8/c1-25-9(19)6-26-8-4-2-7(3-5-8)10-11(15(21)22)13(17)18-14(20)12(10)16(23)24/h2-5H,6H2,1H3,(H,21,22)(H,23,24)(H3,17,18,20). The Bertz CT molecular complexity index is 931. The van der Waals surface area contributed by atoms with Crippen LogP contribution in [0, 0.1) is 0 Å². The van der Waals surface area contributed by atoms with Gasteiger partial charge in [-0.25, -0.2) is 14.4 Å². The minimum atomic E-state index is -1.60. The fraction of sp³-hybridized carbons (Fsp3) is 0.125. The topological polar surface area (TPSA) is 169 Å². The minimum absolute atomic E-state index is 0.128. The van der Waals surface area contributed by atoms with Gasteiger partial charge in [-0.3, -0.25) is 4.79 Å². The number of H-pyrrole nitrogens is 1. The van der Waals surface area contributed by atoms with Crippen LogP contribution in [0.5, 0.6) is 5.75 Å². The molecule has 10 nitrogen and oxygen atoms in total. The van der Waals surface area contributed by atoms with Crippen molar-refractivity contribution in [3.63, 3.8) is 0 Å². The summed E-state index contributed by atoms with van der Waals surface area (Å²) in [4.78, 5) is 48.0. The first-order valence-electron chi connectivity index (χ1n) is 7.08. The molecule has 10 heteroatoms. The first-order chi connectivity index (χ1) is 12.3. The Morgan fingerprint density at radius 2 is 1.65 bits per heavy atom. The van der Waals surface area contributed by atoms with Gasteiger partial charge in [0.2, 0.25) is 0 Å². The number of nitrogens with one attached hydrogen (secondary N) is 1. The van der Waals surface area contributed by atoms with E-state index in [1.54, 1.807) is 0 Å². The number of aromatic nitrogens is 1. The van der Waals surface area contributed by atoms with Gasteiger partial charge < -0.3 is 30.4 Å². The number of rotatable bonds is 6. The molecule has 0 saturated carbocycles. The number of ether oxygens (including phenoxy) is 2. The second kappa shape index (κ2) is 7.38. The molecule has 0 spiro atoms. The minimum Gasteiger partial charge on any atom is -0.482 e. The molecule has 0 saturated heterocycles. The lowest BCUT2D eigenvalue weighted by Crippen LogP contribution is -2.24. The molecule has 0 aliphatic rings. The van der Waals surface area contributed by atoms with Crippen LogP contribution in [0.4, 0.5) is 5.82 Å². The van der Waals surface area contributed by atoms with Crippen LogP contribution in [0.3, 0.4) is 0 Å². The maximum Gasteiger partial charge on any atom is 0.343 e. The molecule has 0 fully saturated rings. The molecule has 26 heavy (non-hydrogen) atoms. The van der Waals surface area contributed by atoms with Crippen LogP contribution in [0.1, 0.15) is 20.7 Å². The van der Waals surface area contributed by atoms with E-state index in [0.717, 1.165) is 0 Å². The van der Waals surface area contributed by atoms with E-state index in [4.69, 9.17) is 10.5 Å². The Hall–Kier alpha value is -3.82. The van der Waals surface area contributed by atoms with E-state index in [-0.39, 0.29) is 23.5 Å². The first-order valence-corrected chi connectivity index (χ1v) is 7.08. The van der Waals surface area contributed by atoms with Gasteiger partial charge in [0.05, 0.1) is 7.11 Å². The molecule has 0 unspecified atom stereocenters. The Balaban J connectivity index is 2.57. The van der Waals surface area contributed by atoms with Gasteiger partial charge in [0.15, 0.2) is 6.61 Å². The number of benzene rings is 1. The lowest BCUT2D eigenvalue weighted by atomic mass is 9.95. The third kappa shape index (κ3) is 3.64. The van der Waals surface area contributed by atoms with E-state index in [1.807, 2.05) is 4.98 Å². The van der Waals surface area contributed by atoms with Crippen LogP contribution < -0.4 is 16.0 Å². The molecule has 0 bridgehead atoms. The van der Waals surface area contributed by atoms with E-state index in [2.05, 4.69) is 4.74 Å². The maximum absolute atomic E-state index is 11.9. The highest BCUT2D eigenvalue weighted by Gasteiger charge is 2.26. The van der Waals surface area contributed by atoms with Crippen LogP contribution in [0.15, 0.2) is 29.1 Å². The number of carbonyl (C=O) groups is 3. The van der Waals surface area contributed by atoms with Crippen molar-refractivity contribution >= 4 is 23.7 Å². The van der Waals surface area contributed by atoms with Gasteiger partial charge in [-0.05, 0) is 17.7 Å². The molecule has 0 amide bonds. The van der Waals surface area contributed by atoms with Crippen molar-refractivity contribution in [1.29, 1.82) is 0 Å². The number of carboxylic acid groups (broad SMARTS) is 2. The number of pyridine rings is 1. The summed E-state index contributed by atoms with van der Waals surface area (Å²) in [6.45, 7) is -0.339. The average molecular weight is 362 g/mol. The summed E-state index contributed by atoms with van der Waals surface area (Å²) in [5.41, 5.74) is 3.04. The summed E-state index contributed by atoms with van der Waals surface area (Å²) < 4.78 is 9.58. The molecule has 1 heterocycles. The highest BCUT2D eigenvalue weighted by atomic mass is 16.6. The Kier molecular flexibility index (Phi) is 5.26. The average Bonchev–Trinajstić information content (AvgIpc) is 2.58. The predicted octanol–water partition coefficient (Wildman–Crippen LogP) is 0.572. The maximum atomic E-state index is 11.9. The Labute approximate surface area is 145 Å². The summed E-state index contributed by atoms with van der Waals surface area (Å²) in [6, 6.07) is 5.46. The summed E-state index contributed by atoms with van der Waals surface area (Å²) in [5.74, 6) is -3.91. The van der Waals surface area contributed by atoms with Crippen molar-refractivity contribution < 1.29 is 34.1 Å². The normalized spacial score (nSPS) is 10.2. The summed E-state index contributed by atoms with van der Waals surface area (Å²) in [7, 11) is 1.20. The third-order valence-corrected chi connectivity index (χ3v) is 3.40. The monoisotopic (exact) mass is 362 g/mol. The molecule has 2 aromatic rings. The number of hydrogen-bond acceptors (Lipinski definition) is 7. The van der Waals surface area contributed by atoms with Crippen molar-refractivity contribution in [2.24, 2.45) is 0 Å². The Morgan fingerprint density at radius 3 is 2.15 bits per heavy atom. The van der Waals surface area contributed by atoms with Crippen molar-refractivity contribution in [3.05, 3.63) is 45.7 Å². The van der Waals surface area contributed by atoms with Crippen molar-refractivity contribution in [2.75, 3.05) is 19.5 Å². The number of nitrogens with two attached hydrogens (primary N) is 1. The van der Waals surface area contributed by atoms with Gasteiger partial charge in [0.25, 0.3) is 5.56 Å². The number of aromatic carboxylic acids is 2. The number of carboxylic acids is 2. The zero-order chi connectivity index (χ0) is 19.4. The van der Waals surface area contributed by atoms with E-state index >= 15 is 0 Å². The molecular weight excluding hydrogens is 348 g/mol. The number of aromatic amines is 1. The summed E-state index contributed by atoms with van der Waals surface area (Å²) in [6.07, 6.45) is 0. The van der Waals surface area contributed by atoms with Gasteiger partial charge in [-0.2, -0.15) is 0 Å². The van der Waals surface area contributed by atoms with Gasteiger partial charge in [-0.15, -0.1) is 0 Å². The fourth-order valence-corrected chi connectivity index (χ4v) is 2.25. The van der Waals surface area contributed by atoms with Crippen molar-refractivity contribution in [2.45, 2.75) is 0 Å². The SMILES string of the molecule is COC(=O)COc1ccc(-c2c(C(=O)O)c(N)[nH]c(=O)c2C(=O)O)cc1. The van der Waals surface area contributed by atoms with Gasteiger partial charge in [0.1, 0.15) is 22.7 Å². The van der Waals surface area contributed by atoms with Crippen LogP contribution in [-0.2, 0) is 9.53 Å². The quantitative estimate of drug-likeness (QED) is 0.537. The van der Waals surface area contributed by atoms with Crippen LogP contribution >= 0.6 is 0 Å². The zero-order valence-electron chi connectivity index (χ0n) is 13.4. The fourth-order valence-electron chi connectivity index (χ4n) is 2.25. The molecule has 5 N–H and O–H groups in total. The van der Waals surface area contributed by atoms with Crippen LogP contribution in [-0.4, -0.2) is 46.8 Å². The van der Waals surface area contributed by atoms with Crippen LogP contribution in [0.2, 0.25) is 0 Å². The van der Waals surface area contributed by atoms with Crippen molar-refractivity contribution in [1.82, 2.24) is 4.98 Å². The van der Waals surface area contributed by atoms with Gasteiger partial charge >= 0.3 is 17.9 Å². The molecule has 1 aromatic carbocycles. The number of esters is 1. The smallest absolute Gasteiger partial charge is 0.343 e. The molecule has 0 aliphatic carbocycles. The van der Waals surface area contributed by atoms with E-state index < -0.39 is 40.4 Å². The van der Waals surface area contributed by atoms with E-state index in [1.165, 1.54) is 31.4 Å². The first kappa shape index (κ1) is 18.5. The number of methoxy groups -OCH3 is 1. The third-order valence-electron chi connectivity index (χ3n) is 3.40. The highest BCUT2D eigenvalue weighted by molar-refractivity contribution is 6.07. The molecular formula is C16H14N2O8. The van der Waals surface area contributed by atoms with Crippen LogP contribution in [0.25, 0.3) is 11.1 Å². The lowest BCUT2D eigenvalue weighted by Gasteiger charge is -2.12. The molecule has 136 valence electrons. The van der Waals surface area contributed by atoms with E-state index in [9.17, 15) is 29.4 Å². The lowest BCUT2D eigenvalue weighted by molar-refractivity contribution is -0.142. The second-order valence-electron chi connectivity index (χ2n) is 4.99. The summed E-state index contributed by atoms with van der Waals surface area (Å²) >= 11 is 0. The summed E-state index contributed by atoms with van der Waals surface area (Å²) in [5, 5.41) is 18.7. The second-order valence-corrected chi connectivity index (χ2v) is 4.99. The van der Waals surface area contributed by atoms with Gasteiger partial charge in [0, 0.05) is 5.56 Å². The highest BCUT2D eigenvalue weighted by Crippen LogP contribution is 2.30. The molecule has 2 rings (SSSR count). The van der Waals surface area contributed by atoms with E-state index in [0.29, 0.717) is 0 Å². The van der Waals surface area contributed by atoms with Gasteiger partial charge in [-0.1, -0.05) is 12.1 Å². The number of hydrogen-bond donors (Lipinski definition) is 4. The molecule has 0 radical (unpaired) electrons. The van der Waals surface area contributed by atoms with Crippen molar-refractivity contribution in [3.8, 4) is 16.9 Å². The largest absolute Gasteiger partial charge is 0.482 e. The molecule has 0 aliphatic heterocycles. The Morgan fingerprint density at radius 1 is 1.08 bits per heavy atom. The number of anilines is 1. The number of carbonyl (C=O) groups excluding carboxylic acids is 1.